The normalized spacial score (nSPS) is 30.4. The highest BCUT2D eigenvalue weighted by Gasteiger charge is 2.91. The Morgan fingerprint density at radius 2 is 1.38 bits per heavy atom. The second-order valence-electron chi connectivity index (χ2n) is 11.6. The fourth-order valence-electron chi connectivity index (χ4n) is 6.68. The van der Waals surface area contributed by atoms with E-state index in [4.69, 9.17) is 23.4 Å². The molecule has 0 spiro atoms. The lowest BCUT2D eigenvalue weighted by Crippen LogP contribution is -2.63. The molecule has 2 aromatic carbocycles. The van der Waals surface area contributed by atoms with E-state index < -0.39 is 60.4 Å². The van der Waals surface area contributed by atoms with Crippen molar-refractivity contribution in [3.63, 3.8) is 0 Å². The van der Waals surface area contributed by atoms with Gasteiger partial charge in [0, 0.05) is 35.3 Å². The quantitative estimate of drug-likeness (QED) is 0.293. The van der Waals surface area contributed by atoms with E-state index in [1.807, 2.05) is 25.7 Å². The van der Waals surface area contributed by atoms with Crippen molar-refractivity contribution in [1.82, 2.24) is 0 Å². The fourth-order valence-corrected chi connectivity index (χ4v) is 7.61. The van der Waals surface area contributed by atoms with Gasteiger partial charge in [0.15, 0.2) is 23.1 Å². The summed E-state index contributed by atoms with van der Waals surface area (Å²) in [6.07, 6.45) is 1.98. The van der Waals surface area contributed by atoms with Gasteiger partial charge in [-0.25, -0.2) is 0 Å². The number of carbonyl (C=O) groups excluding carboxylic acids is 4. The van der Waals surface area contributed by atoms with Crippen LogP contribution in [0, 0.1) is 11.8 Å². The number of ketones is 4. The molecule has 0 aromatic heterocycles. The third-order valence-corrected chi connectivity index (χ3v) is 9.14. The number of epoxide rings is 1. The Bertz CT molecular complexity index is 1510. The van der Waals surface area contributed by atoms with Crippen molar-refractivity contribution in [3.8, 4) is 17.2 Å². The molecule has 1 heterocycles. The molecule has 9 nitrogen and oxygen atoms in total. The second-order valence-corrected chi connectivity index (χ2v) is 16.0. The average molecular weight is 563 g/mol. The number of rotatable bonds is 6. The van der Waals surface area contributed by atoms with Crippen molar-refractivity contribution in [2.45, 2.75) is 43.2 Å². The number of allylic oxidation sites excluding steroid dienone is 2. The van der Waals surface area contributed by atoms with Crippen LogP contribution in [0.4, 0.5) is 0 Å². The van der Waals surface area contributed by atoms with Crippen LogP contribution in [-0.4, -0.2) is 64.0 Å². The Morgan fingerprint density at radius 1 is 0.825 bits per heavy atom. The third kappa shape index (κ3) is 3.29. The summed E-state index contributed by atoms with van der Waals surface area (Å²) in [5, 5.41) is 0. The van der Waals surface area contributed by atoms with Crippen LogP contribution in [-0.2, 0) is 18.8 Å². The van der Waals surface area contributed by atoms with Gasteiger partial charge in [-0.15, -0.1) is 0 Å². The first kappa shape index (κ1) is 26.5. The minimum absolute atomic E-state index is 0.0960. The number of methoxy groups -OCH3 is 3. The predicted octanol–water partition coefficient (Wildman–Crippen LogP) is 3.91. The van der Waals surface area contributed by atoms with Crippen molar-refractivity contribution in [3.05, 3.63) is 64.9 Å². The van der Waals surface area contributed by atoms with Gasteiger partial charge in [-0.3, -0.25) is 19.2 Å². The van der Waals surface area contributed by atoms with Gasteiger partial charge in [0.2, 0.25) is 36.8 Å². The number of fused-ring (bicyclic) bond motifs is 2. The molecule has 40 heavy (non-hydrogen) atoms. The molecule has 0 radical (unpaired) electrons. The van der Waals surface area contributed by atoms with E-state index >= 15 is 0 Å². The van der Waals surface area contributed by atoms with Gasteiger partial charge in [0.25, 0.3) is 0 Å². The summed E-state index contributed by atoms with van der Waals surface area (Å²) in [7, 11) is 2.35. The van der Waals surface area contributed by atoms with E-state index in [1.165, 1.54) is 33.5 Å². The number of hydrogen-bond acceptors (Lipinski definition) is 9. The van der Waals surface area contributed by atoms with Gasteiger partial charge in [-0.05, 0) is 43.4 Å². The van der Waals surface area contributed by atoms with Gasteiger partial charge in [0.1, 0.15) is 0 Å². The first-order valence-electron chi connectivity index (χ1n) is 13.1. The molecular formula is C30H30O9Si. The Morgan fingerprint density at radius 3 is 1.88 bits per heavy atom. The van der Waals surface area contributed by atoms with Crippen LogP contribution >= 0.6 is 0 Å². The predicted molar refractivity (Wildman–Crippen MR) is 145 cm³/mol. The lowest BCUT2D eigenvalue weighted by molar-refractivity contribution is -0.139. The van der Waals surface area contributed by atoms with Gasteiger partial charge < -0.3 is 23.4 Å². The average Bonchev–Trinajstić information content (AvgIpc) is 3.66. The number of Topliss-reactive ketones (excluding diaryl/α,β-unsaturated/α-hetero) is 4. The van der Waals surface area contributed by atoms with Gasteiger partial charge in [-0.1, -0.05) is 24.3 Å². The van der Waals surface area contributed by atoms with Crippen LogP contribution < -0.4 is 14.2 Å². The Labute approximate surface area is 232 Å². The van der Waals surface area contributed by atoms with Gasteiger partial charge in [-0.2, -0.15) is 0 Å². The maximum Gasteiger partial charge on any atom is 0.241 e. The zero-order valence-electron chi connectivity index (χ0n) is 23.2. The highest BCUT2D eigenvalue weighted by atomic mass is 28.4. The first-order valence-corrected chi connectivity index (χ1v) is 16.5. The number of benzene rings is 2. The van der Waals surface area contributed by atoms with E-state index in [1.54, 1.807) is 24.3 Å². The maximum atomic E-state index is 14.5. The minimum Gasteiger partial charge on any atom is -0.548 e. The van der Waals surface area contributed by atoms with Crippen LogP contribution in [0.5, 0.6) is 17.2 Å². The Balaban J connectivity index is 1.54. The first-order chi connectivity index (χ1) is 18.9. The molecule has 1 saturated carbocycles. The molecule has 0 amide bonds. The summed E-state index contributed by atoms with van der Waals surface area (Å²) in [5.74, 6) is -3.27. The lowest BCUT2D eigenvalue weighted by Gasteiger charge is -2.42. The molecule has 0 N–H and O–H groups in total. The van der Waals surface area contributed by atoms with E-state index in [0.717, 1.165) is 0 Å². The third-order valence-electron chi connectivity index (χ3n) is 8.27. The van der Waals surface area contributed by atoms with Crippen LogP contribution in [0.2, 0.25) is 19.6 Å². The summed E-state index contributed by atoms with van der Waals surface area (Å²) in [5.41, 5.74) is -3.47. The molecule has 5 atom stereocenters. The topological polar surface area (TPSA) is 118 Å². The molecule has 10 heteroatoms. The standard InChI is InChI=1S/C30H30O9Si/c1-35-21-11-15(12-22(36-2)24(21)37-3)19-13-16(38-40(4,5)6)14-20-23(19)28(34)30-26(32)18-10-8-7-9-17(18)25(31)29(30,39-30)27(20)33/h7-13,19-20,23H,14H2,1-6H3/t19-,20-,23+,29+,30-/m1/s1. The highest BCUT2D eigenvalue weighted by Crippen LogP contribution is 2.65. The van der Waals surface area contributed by atoms with E-state index in [2.05, 4.69) is 0 Å². The van der Waals surface area contributed by atoms with E-state index in [-0.39, 0.29) is 17.5 Å². The van der Waals surface area contributed by atoms with Crippen LogP contribution in [0.1, 0.15) is 38.6 Å². The van der Waals surface area contributed by atoms with Crippen molar-refractivity contribution in [2.24, 2.45) is 11.8 Å². The van der Waals surface area contributed by atoms with E-state index in [0.29, 0.717) is 28.6 Å². The monoisotopic (exact) mass is 562 g/mol. The summed E-state index contributed by atoms with van der Waals surface area (Å²) < 4.78 is 28.8. The zero-order valence-corrected chi connectivity index (χ0v) is 24.2. The Kier molecular flexibility index (Phi) is 5.70. The molecule has 0 unspecified atom stereocenters. The van der Waals surface area contributed by atoms with Crippen LogP contribution in [0.3, 0.4) is 0 Å². The maximum absolute atomic E-state index is 14.5. The van der Waals surface area contributed by atoms with Crippen molar-refractivity contribution >= 4 is 31.5 Å². The molecule has 6 rings (SSSR count). The van der Waals surface area contributed by atoms with Crippen molar-refractivity contribution < 1.29 is 42.6 Å². The largest absolute Gasteiger partial charge is 0.548 e. The molecule has 4 aliphatic rings. The highest BCUT2D eigenvalue weighted by molar-refractivity contribution is 6.70. The summed E-state index contributed by atoms with van der Waals surface area (Å²) >= 11 is 0. The van der Waals surface area contributed by atoms with Gasteiger partial charge >= 0.3 is 0 Å². The Hall–Kier alpha value is -3.76. The summed E-state index contributed by atoms with van der Waals surface area (Å²) in [4.78, 5) is 56.4. The number of hydrogen-bond donors (Lipinski definition) is 0. The van der Waals surface area contributed by atoms with Crippen LogP contribution in [0.15, 0.2) is 48.2 Å². The lowest BCUT2D eigenvalue weighted by atomic mass is 9.55. The van der Waals surface area contributed by atoms with Gasteiger partial charge in [0.05, 0.1) is 27.1 Å². The number of ether oxygens (including phenoxy) is 4. The zero-order chi connectivity index (χ0) is 28.8. The smallest absolute Gasteiger partial charge is 0.241 e. The van der Waals surface area contributed by atoms with Crippen LogP contribution in [0.25, 0.3) is 0 Å². The molecule has 3 aliphatic carbocycles. The molecular weight excluding hydrogens is 532 g/mol. The summed E-state index contributed by atoms with van der Waals surface area (Å²) in [6, 6.07) is 9.69. The molecule has 2 aromatic rings. The SMILES string of the molecule is COc1cc([C@H]2C=C(O[Si](C)(C)C)C[C@H]3C(=O)[C@]45O[C@]4(C(=O)c4ccccc4C5=O)C(=O)[C@@H]23)cc(OC)c1OC. The molecule has 2 fully saturated rings. The number of carbonyl (C=O) groups is 4. The molecule has 1 aliphatic heterocycles. The molecule has 0 bridgehead atoms. The summed E-state index contributed by atoms with van der Waals surface area (Å²) in [6.45, 7) is 6.07. The fraction of sp³-hybridized carbons (Fsp3) is 0.400. The minimum atomic E-state index is -2.15. The van der Waals surface area contributed by atoms with E-state index in [9.17, 15) is 19.2 Å². The second kappa shape index (κ2) is 8.62. The van der Waals surface area contributed by atoms with Crippen molar-refractivity contribution in [1.29, 1.82) is 0 Å². The molecule has 1 saturated heterocycles. The van der Waals surface area contributed by atoms with Crippen molar-refractivity contribution in [2.75, 3.05) is 21.3 Å². The molecule has 208 valence electrons.